The third kappa shape index (κ3) is 6.10. The molecular weight excluding hydrogens is 424 g/mol. The number of aliphatic carboxylic acids is 1. The molecule has 0 aliphatic heterocycles. The number of carboxylic acid groups (broad SMARTS) is 1. The lowest BCUT2D eigenvalue weighted by Crippen LogP contribution is -2.40. The van der Waals surface area contributed by atoms with Crippen LogP contribution in [0.25, 0.3) is 11.1 Å². The summed E-state index contributed by atoms with van der Waals surface area (Å²) in [5.41, 5.74) is 4.62. The molecule has 8 heteroatoms. The number of nitrogens with zero attached hydrogens (tertiary/aromatic N) is 1. The molecule has 3 N–H and O–H groups in total. The molecule has 1 unspecified atom stereocenters. The van der Waals surface area contributed by atoms with Crippen LogP contribution in [0.4, 0.5) is 4.79 Å². The van der Waals surface area contributed by atoms with Gasteiger partial charge >= 0.3 is 12.1 Å². The molecule has 0 saturated heterocycles. The third-order valence-corrected chi connectivity index (χ3v) is 5.86. The first-order valence-corrected chi connectivity index (χ1v) is 11.1. The molecule has 2 aromatic carbocycles. The predicted octanol–water partition coefficient (Wildman–Crippen LogP) is 2.85. The standard InChI is InChI=1S/C25H30N2O6/c1-17(24(31)27(13-14-28)15-23(29)30)7-6-12-26-25(32)33-16-22-20-10-4-2-8-18(20)19-9-3-5-11-21(19)22/h2-5,8-11,17,22,28H,6-7,12-16H2,1H3,(H,26,32)(H,29,30). The molecule has 0 heterocycles. The minimum absolute atomic E-state index is 0.00691. The van der Waals surface area contributed by atoms with Gasteiger partial charge in [-0.3, -0.25) is 9.59 Å². The van der Waals surface area contributed by atoms with Crippen LogP contribution >= 0.6 is 0 Å². The fourth-order valence-corrected chi connectivity index (χ4v) is 4.23. The molecule has 0 saturated carbocycles. The molecule has 0 radical (unpaired) electrons. The van der Waals surface area contributed by atoms with Gasteiger partial charge in [0, 0.05) is 24.9 Å². The maximum absolute atomic E-state index is 12.4. The molecule has 1 atom stereocenters. The number of carboxylic acids is 1. The molecule has 176 valence electrons. The lowest BCUT2D eigenvalue weighted by atomic mass is 9.98. The van der Waals surface area contributed by atoms with Crippen molar-refractivity contribution in [3.05, 3.63) is 59.7 Å². The summed E-state index contributed by atoms with van der Waals surface area (Å²) in [4.78, 5) is 36.6. The van der Waals surface area contributed by atoms with Gasteiger partial charge in [-0.25, -0.2) is 4.79 Å². The number of alkyl carbamates (subject to hydrolysis) is 1. The Morgan fingerprint density at radius 3 is 2.24 bits per heavy atom. The Balaban J connectivity index is 1.43. The topological polar surface area (TPSA) is 116 Å². The minimum Gasteiger partial charge on any atom is -0.480 e. The summed E-state index contributed by atoms with van der Waals surface area (Å²) in [7, 11) is 0. The molecule has 2 aromatic rings. The van der Waals surface area contributed by atoms with Gasteiger partial charge in [0.1, 0.15) is 13.2 Å². The SMILES string of the molecule is CC(CCCNC(=O)OCC1c2ccccc2-c2ccccc21)C(=O)N(CCO)CC(=O)O. The van der Waals surface area contributed by atoms with Crippen LogP contribution in [-0.4, -0.2) is 65.9 Å². The molecule has 3 rings (SSSR count). The van der Waals surface area contributed by atoms with Crippen molar-refractivity contribution in [2.24, 2.45) is 5.92 Å². The Morgan fingerprint density at radius 2 is 1.67 bits per heavy atom. The first kappa shape index (κ1) is 24.3. The summed E-state index contributed by atoms with van der Waals surface area (Å²) < 4.78 is 5.49. The Morgan fingerprint density at radius 1 is 1.06 bits per heavy atom. The van der Waals surface area contributed by atoms with E-state index in [0.29, 0.717) is 19.4 Å². The van der Waals surface area contributed by atoms with E-state index in [-0.39, 0.29) is 31.6 Å². The highest BCUT2D eigenvalue weighted by Crippen LogP contribution is 2.44. The number of hydrogen-bond donors (Lipinski definition) is 3. The number of aliphatic hydroxyl groups is 1. The number of fused-ring (bicyclic) bond motifs is 3. The van der Waals surface area contributed by atoms with Gasteiger partial charge in [-0.1, -0.05) is 55.5 Å². The number of rotatable bonds is 11. The average molecular weight is 455 g/mol. The van der Waals surface area contributed by atoms with Crippen molar-refractivity contribution in [1.29, 1.82) is 0 Å². The van der Waals surface area contributed by atoms with E-state index in [1.807, 2.05) is 24.3 Å². The zero-order valence-electron chi connectivity index (χ0n) is 18.7. The second-order valence-electron chi connectivity index (χ2n) is 8.17. The number of aliphatic hydroxyl groups excluding tert-OH is 1. The molecule has 8 nitrogen and oxygen atoms in total. The molecule has 0 bridgehead atoms. The minimum atomic E-state index is -1.12. The Kier molecular flexibility index (Phi) is 8.43. The molecule has 0 spiro atoms. The fraction of sp³-hybridized carbons (Fsp3) is 0.400. The maximum atomic E-state index is 12.4. The summed E-state index contributed by atoms with van der Waals surface area (Å²) in [5.74, 6) is -1.87. The first-order valence-electron chi connectivity index (χ1n) is 11.1. The van der Waals surface area contributed by atoms with Crippen LogP contribution in [-0.2, 0) is 14.3 Å². The summed E-state index contributed by atoms with van der Waals surface area (Å²) in [6, 6.07) is 16.2. The number of carbonyl (C=O) groups excluding carboxylic acids is 2. The van der Waals surface area contributed by atoms with Gasteiger partial charge in [-0.2, -0.15) is 0 Å². The smallest absolute Gasteiger partial charge is 0.407 e. The monoisotopic (exact) mass is 454 g/mol. The number of ether oxygens (including phenoxy) is 1. The number of nitrogens with one attached hydrogen (secondary N) is 1. The van der Waals surface area contributed by atoms with E-state index in [1.165, 1.54) is 11.1 Å². The van der Waals surface area contributed by atoms with E-state index < -0.39 is 24.5 Å². The van der Waals surface area contributed by atoms with Gasteiger partial charge in [0.05, 0.1) is 6.61 Å². The number of amides is 2. The second kappa shape index (κ2) is 11.5. The molecular formula is C25H30N2O6. The average Bonchev–Trinajstić information content (AvgIpc) is 3.13. The molecule has 0 fully saturated rings. The van der Waals surface area contributed by atoms with Crippen LogP contribution in [0.2, 0.25) is 0 Å². The highest BCUT2D eigenvalue weighted by atomic mass is 16.5. The van der Waals surface area contributed by atoms with Crippen LogP contribution in [0, 0.1) is 5.92 Å². The van der Waals surface area contributed by atoms with Crippen molar-refractivity contribution in [1.82, 2.24) is 10.2 Å². The molecule has 33 heavy (non-hydrogen) atoms. The van der Waals surface area contributed by atoms with E-state index in [4.69, 9.17) is 14.9 Å². The zero-order valence-corrected chi connectivity index (χ0v) is 18.7. The largest absolute Gasteiger partial charge is 0.480 e. The molecule has 0 aromatic heterocycles. The van der Waals surface area contributed by atoms with Gasteiger partial charge in [0.2, 0.25) is 5.91 Å². The molecule has 1 aliphatic rings. The summed E-state index contributed by atoms with van der Waals surface area (Å²) in [6.07, 6.45) is 0.505. The maximum Gasteiger partial charge on any atom is 0.407 e. The Hall–Kier alpha value is -3.39. The lowest BCUT2D eigenvalue weighted by molar-refractivity contribution is -0.146. The normalized spacial score (nSPS) is 13.0. The van der Waals surface area contributed by atoms with Crippen molar-refractivity contribution in [3.63, 3.8) is 0 Å². The number of benzene rings is 2. The van der Waals surface area contributed by atoms with E-state index in [1.54, 1.807) is 6.92 Å². The van der Waals surface area contributed by atoms with Crippen LogP contribution in [0.3, 0.4) is 0 Å². The van der Waals surface area contributed by atoms with Crippen molar-refractivity contribution < 1.29 is 29.3 Å². The summed E-state index contributed by atoms with van der Waals surface area (Å²) >= 11 is 0. The zero-order chi connectivity index (χ0) is 23.8. The predicted molar refractivity (Wildman–Crippen MR) is 123 cm³/mol. The highest BCUT2D eigenvalue weighted by Gasteiger charge is 2.29. The van der Waals surface area contributed by atoms with Crippen molar-refractivity contribution in [3.8, 4) is 11.1 Å². The van der Waals surface area contributed by atoms with Gasteiger partial charge in [-0.15, -0.1) is 0 Å². The van der Waals surface area contributed by atoms with Crippen LogP contribution in [0.5, 0.6) is 0 Å². The lowest BCUT2D eigenvalue weighted by Gasteiger charge is -2.23. The van der Waals surface area contributed by atoms with Gasteiger partial charge in [0.15, 0.2) is 0 Å². The highest BCUT2D eigenvalue weighted by molar-refractivity contribution is 5.83. The Bertz CT molecular complexity index is 947. The first-order chi connectivity index (χ1) is 15.9. The van der Waals surface area contributed by atoms with Crippen molar-refractivity contribution in [2.75, 3.05) is 32.8 Å². The van der Waals surface area contributed by atoms with Crippen LogP contribution in [0.1, 0.15) is 36.8 Å². The van der Waals surface area contributed by atoms with Crippen LogP contribution in [0.15, 0.2) is 48.5 Å². The summed E-state index contributed by atoms with van der Waals surface area (Å²) in [6.45, 7) is 1.53. The van der Waals surface area contributed by atoms with Crippen molar-refractivity contribution in [2.45, 2.75) is 25.7 Å². The van der Waals surface area contributed by atoms with E-state index in [2.05, 4.69) is 29.6 Å². The Labute approximate surface area is 193 Å². The van der Waals surface area contributed by atoms with Gasteiger partial charge < -0.3 is 25.2 Å². The van der Waals surface area contributed by atoms with Gasteiger partial charge in [-0.05, 0) is 35.1 Å². The van der Waals surface area contributed by atoms with E-state index in [0.717, 1.165) is 16.0 Å². The van der Waals surface area contributed by atoms with Gasteiger partial charge in [0.25, 0.3) is 0 Å². The number of hydrogen-bond acceptors (Lipinski definition) is 5. The quantitative estimate of drug-likeness (QED) is 0.450. The summed E-state index contributed by atoms with van der Waals surface area (Å²) in [5, 5.41) is 20.7. The second-order valence-corrected chi connectivity index (χ2v) is 8.17. The molecule has 2 amide bonds. The number of carbonyl (C=O) groups is 3. The van der Waals surface area contributed by atoms with E-state index in [9.17, 15) is 14.4 Å². The van der Waals surface area contributed by atoms with Crippen molar-refractivity contribution >= 4 is 18.0 Å². The van der Waals surface area contributed by atoms with E-state index >= 15 is 0 Å². The molecule has 1 aliphatic carbocycles. The van der Waals surface area contributed by atoms with Crippen LogP contribution < -0.4 is 5.32 Å². The third-order valence-electron chi connectivity index (χ3n) is 5.86. The fourth-order valence-electron chi connectivity index (χ4n) is 4.23.